The average Bonchev–Trinajstić information content (AvgIpc) is 2.90. The van der Waals surface area contributed by atoms with E-state index in [1.807, 2.05) is 31.2 Å². The molecule has 1 aliphatic rings. The summed E-state index contributed by atoms with van der Waals surface area (Å²) < 4.78 is 11.1. The number of hydrogen-bond acceptors (Lipinski definition) is 4. The van der Waals surface area contributed by atoms with Crippen LogP contribution in [0.2, 0.25) is 0 Å². The van der Waals surface area contributed by atoms with E-state index in [1.54, 1.807) is 24.1 Å². The fourth-order valence-electron chi connectivity index (χ4n) is 2.64. The summed E-state index contributed by atoms with van der Waals surface area (Å²) >= 11 is 0. The lowest BCUT2D eigenvalue weighted by molar-refractivity contribution is -0.131. The van der Waals surface area contributed by atoms with Gasteiger partial charge in [-0.15, -0.1) is 0 Å². The Labute approximate surface area is 140 Å². The smallest absolute Gasteiger partial charge is 0.242 e. The first-order valence-corrected chi connectivity index (χ1v) is 7.86. The number of hydrogen-bond donors (Lipinski definition) is 0. The first-order valence-electron chi connectivity index (χ1n) is 7.86. The predicted octanol–water partition coefficient (Wildman–Crippen LogP) is 2.36. The van der Waals surface area contributed by atoms with Crippen molar-refractivity contribution in [3.63, 3.8) is 0 Å². The molecule has 0 saturated heterocycles. The van der Waals surface area contributed by atoms with Crippen molar-refractivity contribution >= 4 is 17.5 Å². The minimum atomic E-state index is -0.158. The Morgan fingerprint density at radius 3 is 2.79 bits per heavy atom. The Morgan fingerprint density at radius 1 is 1.25 bits per heavy atom. The van der Waals surface area contributed by atoms with Gasteiger partial charge in [0.25, 0.3) is 0 Å². The lowest BCUT2D eigenvalue weighted by atomic mass is 10.2. The molecule has 0 fully saturated rings. The van der Waals surface area contributed by atoms with E-state index in [4.69, 9.17) is 9.15 Å². The largest absolute Gasteiger partial charge is 0.491 e. The summed E-state index contributed by atoms with van der Waals surface area (Å²) in [6, 6.07) is 11.0. The van der Waals surface area contributed by atoms with E-state index in [9.17, 15) is 9.59 Å². The molecule has 0 spiro atoms. The number of aryl methyl sites for hydroxylation is 1. The fourth-order valence-corrected chi connectivity index (χ4v) is 2.64. The summed E-state index contributed by atoms with van der Waals surface area (Å²) in [4.78, 5) is 27.9. The van der Waals surface area contributed by atoms with Crippen LogP contribution in [-0.4, -0.2) is 36.9 Å². The summed E-state index contributed by atoms with van der Waals surface area (Å²) in [7, 11) is 1.70. The molecule has 3 rings (SSSR count). The topological polar surface area (TPSA) is 63.0 Å². The quantitative estimate of drug-likeness (QED) is 0.864. The third-order valence-electron chi connectivity index (χ3n) is 3.94. The summed E-state index contributed by atoms with van der Waals surface area (Å²) in [6.45, 7) is 2.53. The third-order valence-corrected chi connectivity index (χ3v) is 3.94. The van der Waals surface area contributed by atoms with Gasteiger partial charge in [-0.25, -0.2) is 0 Å². The predicted molar refractivity (Wildman–Crippen MR) is 88.8 cm³/mol. The number of likely N-dealkylation sites (N-methyl/N-ethyl adjacent to an activating group) is 1. The number of furan rings is 1. The Morgan fingerprint density at radius 2 is 2.04 bits per heavy atom. The van der Waals surface area contributed by atoms with Crippen molar-refractivity contribution in [2.75, 3.05) is 25.1 Å². The standard InChI is InChI=1S/C18H20N2O4/c1-13-7-8-14(24-13)11-19(2)18(22)12-20-15-5-3-4-6-16(15)23-10-9-17(20)21/h3-8H,9-12H2,1-2H3. The van der Waals surface area contributed by atoms with Crippen molar-refractivity contribution in [3.05, 3.63) is 47.9 Å². The van der Waals surface area contributed by atoms with E-state index in [0.717, 1.165) is 5.76 Å². The van der Waals surface area contributed by atoms with Crippen molar-refractivity contribution < 1.29 is 18.7 Å². The van der Waals surface area contributed by atoms with Crippen LogP contribution in [0.3, 0.4) is 0 Å². The van der Waals surface area contributed by atoms with Gasteiger partial charge in [0.15, 0.2) is 0 Å². The molecule has 1 aromatic carbocycles. The Bertz CT molecular complexity index is 753. The van der Waals surface area contributed by atoms with Crippen molar-refractivity contribution in [1.29, 1.82) is 0 Å². The number of amides is 2. The SMILES string of the molecule is Cc1ccc(CN(C)C(=O)CN2C(=O)CCOc3ccccc32)o1. The molecule has 126 valence electrons. The highest BCUT2D eigenvalue weighted by atomic mass is 16.5. The highest BCUT2D eigenvalue weighted by molar-refractivity contribution is 6.00. The fraction of sp³-hybridized carbons (Fsp3) is 0.333. The number of nitrogens with zero attached hydrogens (tertiary/aromatic N) is 2. The molecule has 0 aliphatic carbocycles. The number of benzene rings is 1. The number of carbonyl (C=O) groups excluding carboxylic acids is 2. The normalized spacial score (nSPS) is 13.9. The Balaban J connectivity index is 1.73. The second-order valence-electron chi connectivity index (χ2n) is 5.81. The molecule has 0 N–H and O–H groups in total. The van der Waals surface area contributed by atoms with Gasteiger partial charge in [-0.1, -0.05) is 12.1 Å². The van der Waals surface area contributed by atoms with Gasteiger partial charge in [-0.3, -0.25) is 14.5 Å². The van der Waals surface area contributed by atoms with Gasteiger partial charge in [0.2, 0.25) is 11.8 Å². The van der Waals surface area contributed by atoms with Gasteiger partial charge in [0.05, 0.1) is 25.3 Å². The number of para-hydroxylation sites is 2. The van der Waals surface area contributed by atoms with Gasteiger partial charge in [-0.2, -0.15) is 0 Å². The summed E-state index contributed by atoms with van der Waals surface area (Å²) in [5, 5.41) is 0. The van der Waals surface area contributed by atoms with E-state index in [1.165, 1.54) is 4.90 Å². The van der Waals surface area contributed by atoms with Crippen LogP contribution in [0.4, 0.5) is 5.69 Å². The van der Waals surface area contributed by atoms with E-state index in [-0.39, 0.29) is 24.8 Å². The molecule has 6 nitrogen and oxygen atoms in total. The lowest BCUT2D eigenvalue weighted by Crippen LogP contribution is -2.41. The van der Waals surface area contributed by atoms with E-state index in [2.05, 4.69) is 0 Å². The summed E-state index contributed by atoms with van der Waals surface area (Å²) in [5.41, 5.74) is 0.635. The van der Waals surface area contributed by atoms with Gasteiger partial charge in [0.1, 0.15) is 23.8 Å². The zero-order chi connectivity index (χ0) is 17.1. The van der Waals surface area contributed by atoms with E-state index in [0.29, 0.717) is 30.3 Å². The van der Waals surface area contributed by atoms with E-state index < -0.39 is 0 Å². The summed E-state index contributed by atoms with van der Waals surface area (Å²) in [5.74, 6) is 1.87. The molecule has 2 amide bonds. The van der Waals surface area contributed by atoms with Gasteiger partial charge in [-0.05, 0) is 31.2 Å². The van der Waals surface area contributed by atoms with Crippen LogP contribution in [0.5, 0.6) is 5.75 Å². The number of anilines is 1. The number of ether oxygens (including phenoxy) is 1. The van der Waals surface area contributed by atoms with Crippen molar-refractivity contribution in [2.45, 2.75) is 19.9 Å². The molecule has 2 heterocycles. The zero-order valence-electron chi connectivity index (χ0n) is 13.8. The molecule has 24 heavy (non-hydrogen) atoms. The molecular formula is C18H20N2O4. The maximum Gasteiger partial charge on any atom is 0.242 e. The van der Waals surface area contributed by atoms with Crippen molar-refractivity contribution in [2.24, 2.45) is 0 Å². The van der Waals surface area contributed by atoms with E-state index >= 15 is 0 Å². The molecule has 0 saturated carbocycles. The van der Waals surface area contributed by atoms with Crippen LogP contribution in [0, 0.1) is 6.92 Å². The van der Waals surface area contributed by atoms with Crippen LogP contribution >= 0.6 is 0 Å². The molecular weight excluding hydrogens is 308 g/mol. The van der Waals surface area contributed by atoms with Crippen LogP contribution in [-0.2, 0) is 16.1 Å². The molecule has 1 aromatic heterocycles. The monoisotopic (exact) mass is 328 g/mol. The first-order chi connectivity index (χ1) is 11.5. The third kappa shape index (κ3) is 3.42. The lowest BCUT2D eigenvalue weighted by Gasteiger charge is -2.24. The highest BCUT2D eigenvalue weighted by Crippen LogP contribution is 2.30. The maximum absolute atomic E-state index is 12.5. The van der Waals surface area contributed by atoms with Gasteiger partial charge >= 0.3 is 0 Å². The number of fused-ring (bicyclic) bond motifs is 1. The molecule has 0 radical (unpaired) electrons. The van der Waals surface area contributed by atoms with Crippen molar-refractivity contribution in [1.82, 2.24) is 4.90 Å². The van der Waals surface area contributed by atoms with Gasteiger partial charge in [0, 0.05) is 7.05 Å². The zero-order valence-corrected chi connectivity index (χ0v) is 13.8. The van der Waals surface area contributed by atoms with Crippen LogP contribution in [0.15, 0.2) is 40.8 Å². The molecule has 0 atom stereocenters. The van der Waals surface area contributed by atoms with Crippen LogP contribution in [0.1, 0.15) is 17.9 Å². The Hall–Kier alpha value is -2.76. The number of carbonyl (C=O) groups is 2. The Kier molecular flexibility index (Phi) is 4.55. The molecule has 2 aromatic rings. The molecule has 1 aliphatic heterocycles. The molecule has 0 bridgehead atoms. The molecule has 0 unspecified atom stereocenters. The van der Waals surface area contributed by atoms with Crippen LogP contribution < -0.4 is 9.64 Å². The first kappa shape index (κ1) is 16.1. The number of rotatable bonds is 4. The second kappa shape index (κ2) is 6.78. The van der Waals surface area contributed by atoms with Gasteiger partial charge < -0.3 is 14.1 Å². The summed E-state index contributed by atoms with van der Waals surface area (Å²) in [6.07, 6.45) is 0.253. The van der Waals surface area contributed by atoms with Crippen LogP contribution in [0.25, 0.3) is 0 Å². The van der Waals surface area contributed by atoms with Crippen molar-refractivity contribution in [3.8, 4) is 5.75 Å². The minimum absolute atomic E-state index is 0.0185. The minimum Gasteiger partial charge on any atom is -0.491 e. The average molecular weight is 328 g/mol. The maximum atomic E-state index is 12.5. The second-order valence-corrected chi connectivity index (χ2v) is 5.81. The molecule has 6 heteroatoms. The highest BCUT2D eigenvalue weighted by Gasteiger charge is 2.26.